The van der Waals surface area contributed by atoms with Gasteiger partial charge in [0.15, 0.2) is 5.82 Å². The first kappa shape index (κ1) is 20.4. The highest BCUT2D eigenvalue weighted by Gasteiger charge is 2.37. The molecule has 30 heavy (non-hydrogen) atoms. The number of aromatic amines is 1. The van der Waals surface area contributed by atoms with Crippen LogP contribution in [0.15, 0.2) is 22.9 Å². The van der Waals surface area contributed by atoms with Gasteiger partial charge in [-0.15, -0.1) is 0 Å². The van der Waals surface area contributed by atoms with Crippen molar-refractivity contribution in [3.8, 4) is 5.75 Å². The third-order valence-electron chi connectivity index (χ3n) is 4.89. The third kappa shape index (κ3) is 3.44. The van der Waals surface area contributed by atoms with E-state index in [1.807, 2.05) is 19.9 Å². The number of H-pyrrole nitrogens is 1. The quantitative estimate of drug-likeness (QED) is 0.425. The van der Waals surface area contributed by atoms with Crippen LogP contribution in [0.4, 0.5) is 11.8 Å². The van der Waals surface area contributed by atoms with Crippen LogP contribution in [0.1, 0.15) is 28.1 Å². The highest BCUT2D eigenvalue weighted by atomic mass is 79.9. The topological polar surface area (TPSA) is 110 Å². The van der Waals surface area contributed by atoms with Gasteiger partial charge in [0, 0.05) is 33.7 Å². The Bertz CT molecular complexity index is 1210. The lowest BCUT2D eigenvalue weighted by atomic mass is 10.1. The lowest BCUT2D eigenvalue weighted by molar-refractivity contribution is -0.113. The molecule has 0 saturated carbocycles. The van der Waals surface area contributed by atoms with Crippen LogP contribution in [0.5, 0.6) is 5.75 Å². The molecule has 1 amide bonds. The van der Waals surface area contributed by atoms with Crippen LogP contribution < -0.4 is 15.4 Å². The van der Waals surface area contributed by atoms with Gasteiger partial charge in [-0.2, -0.15) is 4.98 Å². The molecule has 8 nitrogen and oxygen atoms in total. The Morgan fingerprint density at radius 3 is 2.80 bits per heavy atom. The van der Waals surface area contributed by atoms with Gasteiger partial charge in [0.1, 0.15) is 10.9 Å². The molecule has 154 valence electrons. The fourth-order valence-corrected chi connectivity index (χ4v) is 4.13. The number of pyridine rings is 1. The third-order valence-corrected chi connectivity index (χ3v) is 5.62. The largest absolute Gasteiger partial charge is 0.496 e. The summed E-state index contributed by atoms with van der Waals surface area (Å²) in [6, 6.07) is 1.85. The first-order valence-corrected chi connectivity index (χ1v) is 10.2. The number of hydrogen-bond donors (Lipinski definition) is 2. The van der Waals surface area contributed by atoms with Crippen LogP contribution in [0.2, 0.25) is 5.15 Å². The average molecular weight is 490 g/mol. The van der Waals surface area contributed by atoms with Crippen molar-refractivity contribution < 1.29 is 9.53 Å². The van der Waals surface area contributed by atoms with Gasteiger partial charge in [-0.1, -0.05) is 11.6 Å². The average Bonchev–Trinajstić information content (AvgIpc) is 3.20. The van der Waals surface area contributed by atoms with E-state index in [0.29, 0.717) is 22.6 Å². The fourth-order valence-electron chi connectivity index (χ4n) is 3.50. The molecule has 0 aromatic carbocycles. The standard InChI is InChI=1S/C20H18BrClN6O2/c1-9-6-25-14(10(2)16(9)30-3)8-28-18-15(17(22)26-20(23)27-18)13(19(28)29)5-12-4-11(21)7-24-12/h4-7,24H,8H2,1-3H3,(H2,23,26,27). The Morgan fingerprint density at radius 1 is 1.37 bits per heavy atom. The molecule has 0 atom stereocenters. The molecule has 0 aliphatic carbocycles. The number of anilines is 2. The minimum Gasteiger partial charge on any atom is -0.496 e. The number of carbonyl (C=O) groups is 1. The van der Waals surface area contributed by atoms with Crippen molar-refractivity contribution >= 4 is 56.9 Å². The van der Waals surface area contributed by atoms with Crippen molar-refractivity contribution in [2.24, 2.45) is 0 Å². The molecule has 1 aliphatic rings. The number of aryl methyl sites for hydroxylation is 1. The molecule has 0 bridgehead atoms. The van der Waals surface area contributed by atoms with Gasteiger partial charge in [0.05, 0.1) is 30.5 Å². The summed E-state index contributed by atoms with van der Waals surface area (Å²) in [6.45, 7) is 4.01. The number of amides is 1. The van der Waals surface area contributed by atoms with E-state index < -0.39 is 0 Å². The van der Waals surface area contributed by atoms with Crippen LogP contribution >= 0.6 is 27.5 Å². The number of methoxy groups -OCH3 is 1. The van der Waals surface area contributed by atoms with Gasteiger partial charge in [-0.3, -0.25) is 14.7 Å². The number of carbonyl (C=O) groups excluding carboxylic acids is 1. The summed E-state index contributed by atoms with van der Waals surface area (Å²) in [4.78, 5) is 30.8. The van der Waals surface area contributed by atoms with Gasteiger partial charge in [0.25, 0.3) is 5.91 Å². The van der Waals surface area contributed by atoms with E-state index in [1.54, 1.807) is 25.6 Å². The van der Waals surface area contributed by atoms with E-state index in [4.69, 9.17) is 22.1 Å². The van der Waals surface area contributed by atoms with Gasteiger partial charge < -0.3 is 15.5 Å². The summed E-state index contributed by atoms with van der Waals surface area (Å²) in [7, 11) is 1.61. The van der Waals surface area contributed by atoms with Crippen LogP contribution in [0.25, 0.3) is 11.6 Å². The Labute approximate surface area is 186 Å². The van der Waals surface area contributed by atoms with Crippen molar-refractivity contribution in [3.05, 3.63) is 56.2 Å². The molecule has 0 spiro atoms. The van der Waals surface area contributed by atoms with E-state index in [2.05, 4.69) is 35.9 Å². The number of nitrogens with one attached hydrogen (secondary N) is 1. The van der Waals surface area contributed by atoms with Crippen molar-refractivity contribution in [1.29, 1.82) is 0 Å². The predicted octanol–water partition coefficient (Wildman–Crippen LogP) is 3.91. The van der Waals surface area contributed by atoms with Gasteiger partial charge in [-0.05, 0) is 41.9 Å². The molecule has 3 N–H and O–H groups in total. The van der Waals surface area contributed by atoms with Crippen LogP contribution in [0, 0.1) is 13.8 Å². The molecule has 3 aromatic heterocycles. The molecule has 0 unspecified atom stereocenters. The summed E-state index contributed by atoms with van der Waals surface area (Å²) < 4.78 is 6.35. The van der Waals surface area contributed by atoms with E-state index in [9.17, 15) is 4.79 Å². The second kappa shape index (κ2) is 7.73. The highest BCUT2D eigenvalue weighted by Crippen LogP contribution is 2.41. The van der Waals surface area contributed by atoms with Crippen molar-refractivity contribution in [3.63, 3.8) is 0 Å². The summed E-state index contributed by atoms with van der Waals surface area (Å²) in [6.07, 6.45) is 5.21. The normalized spacial score (nSPS) is 14.5. The minimum atomic E-state index is -0.265. The molecule has 3 aromatic rings. The number of halogens is 2. The first-order valence-electron chi connectivity index (χ1n) is 9.00. The number of nitrogens with zero attached hydrogens (tertiary/aromatic N) is 4. The second-order valence-electron chi connectivity index (χ2n) is 6.84. The highest BCUT2D eigenvalue weighted by molar-refractivity contribution is 9.10. The molecular weight excluding hydrogens is 472 g/mol. The zero-order valence-electron chi connectivity index (χ0n) is 16.5. The van der Waals surface area contributed by atoms with E-state index in [-0.39, 0.29) is 23.6 Å². The van der Waals surface area contributed by atoms with Gasteiger partial charge in [-0.25, -0.2) is 4.98 Å². The molecule has 4 heterocycles. The molecule has 1 aliphatic heterocycles. The Morgan fingerprint density at radius 2 is 2.13 bits per heavy atom. The summed E-state index contributed by atoms with van der Waals surface area (Å²) in [5.41, 5.74) is 9.83. The lowest BCUT2D eigenvalue weighted by Crippen LogP contribution is -2.27. The Hall–Kier alpha value is -2.91. The van der Waals surface area contributed by atoms with Gasteiger partial charge >= 0.3 is 0 Å². The van der Waals surface area contributed by atoms with E-state index in [1.165, 1.54) is 4.90 Å². The molecule has 0 fully saturated rings. The number of rotatable bonds is 4. The zero-order chi connectivity index (χ0) is 21.6. The summed E-state index contributed by atoms with van der Waals surface area (Å²) in [5.74, 6) is 0.819. The molecule has 0 radical (unpaired) electrons. The Kier molecular flexibility index (Phi) is 5.25. The van der Waals surface area contributed by atoms with E-state index >= 15 is 0 Å². The number of aromatic nitrogens is 4. The second-order valence-corrected chi connectivity index (χ2v) is 8.11. The number of fused-ring (bicyclic) bond motifs is 1. The monoisotopic (exact) mass is 488 g/mol. The molecule has 0 saturated heterocycles. The maximum absolute atomic E-state index is 13.4. The zero-order valence-corrected chi connectivity index (χ0v) is 18.8. The SMILES string of the molecule is COc1c(C)cnc(CN2C(=O)C(=Cc3cc(Br)c[nH]3)c3c(Cl)nc(N)nc32)c1C. The predicted molar refractivity (Wildman–Crippen MR) is 119 cm³/mol. The van der Waals surface area contributed by atoms with Crippen LogP contribution in [-0.2, 0) is 11.3 Å². The first-order chi connectivity index (χ1) is 14.3. The molecule has 10 heteroatoms. The number of ether oxygens (including phenoxy) is 1. The summed E-state index contributed by atoms with van der Waals surface area (Å²) >= 11 is 9.76. The maximum atomic E-state index is 13.4. The smallest absolute Gasteiger partial charge is 0.260 e. The minimum absolute atomic E-state index is 0.00779. The van der Waals surface area contributed by atoms with Crippen molar-refractivity contribution in [2.75, 3.05) is 17.7 Å². The molecule has 4 rings (SSSR count). The number of hydrogen-bond acceptors (Lipinski definition) is 6. The fraction of sp³-hybridized carbons (Fsp3) is 0.200. The maximum Gasteiger partial charge on any atom is 0.260 e. The van der Waals surface area contributed by atoms with Crippen molar-refractivity contribution in [1.82, 2.24) is 19.9 Å². The van der Waals surface area contributed by atoms with Gasteiger partial charge in [0.2, 0.25) is 5.95 Å². The van der Waals surface area contributed by atoms with E-state index in [0.717, 1.165) is 27.0 Å². The summed E-state index contributed by atoms with van der Waals surface area (Å²) in [5, 5.41) is 0.122. The van der Waals surface area contributed by atoms with Crippen LogP contribution in [-0.4, -0.2) is 33.0 Å². The lowest BCUT2D eigenvalue weighted by Gasteiger charge is -2.19. The molecular formula is C20H18BrClN6O2. The van der Waals surface area contributed by atoms with Crippen LogP contribution in [0.3, 0.4) is 0 Å². The number of nitrogen functional groups attached to an aromatic ring is 1. The Balaban J connectivity index is 1.83. The van der Waals surface area contributed by atoms with Crippen molar-refractivity contribution in [2.45, 2.75) is 20.4 Å². The number of nitrogens with two attached hydrogens (primary N) is 1.